The summed E-state index contributed by atoms with van der Waals surface area (Å²) in [7, 11) is 5.85. The van der Waals surface area contributed by atoms with Gasteiger partial charge in [0.1, 0.15) is 17.1 Å². The number of imide groups is 2. The Balaban J connectivity index is 2.09. The molecule has 0 unspecified atom stereocenters. The number of ether oxygens (including phenoxy) is 4. The van der Waals surface area contributed by atoms with Crippen LogP contribution in [0, 0.1) is 0 Å². The third kappa shape index (κ3) is 3.77. The van der Waals surface area contributed by atoms with E-state index in [1.165, 1.54) is 40.6 Å². The standard InChI is InChI=1S/C21H20N2O7/c1-27-14-7-5-6-13(10-14)23-20(25)15(19(24)22-21(23)26)8-12-9-17(29-3)18(30-4)11-16(12)28-2/h5-11H,1-4H3,(H,22,24,26)/b15-8+. The minimum absolute atomic E-state index is 0.247. The van der Waals surface area contributed by atoms with Gasteiger partial charge in [-0.2, -0.15) is 0 Å². The predicted molar refractivity (Wildman–Crippen MR) is 108 cm³/mol. The molecule has 9 heteroatoms. The van der Waals surface area contributed by atoms with Gasteiger partial charge >= 0.3 is 6.03 Å². The first-order valence-corrected chi connectivity index (χ1v) is 8.79. The van der Waals surface area contributed by atoms with Crippen LogP contribution >= 0.6 is 0 Å². The first kappa shape index (κ1) is 20.7. The number of methoxy groups -OCH3 is 4. The van der Waals surface area contributed by atoms with E-state index in [9.17, 15) is 14.4 Å². The number of rotatable bonds is 6. The second kappa shape index (κ2) is 8.56. The average molecular weight is 412 g/mol. The smallest absolute Gasteiger partial charge is 0.335 e. The summed E-state index contributed by atoms with van der Waals surface area (Å²) in [5.74, 6) is 0.0103. The van der Waals surface area contributed by atoms with Crippen molar-refractivity contribution in [3.8, 4) is 23.0 Å². The fraction of sp³-hybridized carbons (Fsp3) is 0.190. The second-order valence-corrected chi connectivity index (χ2v) is 6.11. The Labute approximate surface area is 172 Å². The molecule has 0 aromatic heterocycles. The van der Waals surface area contributed by atoms with E-state index in [2.05, 4.69) is 5.32 Å². The molecule has 0 atom stereocenters. The molecule has 0 bridgehead atoms. The zero-order valence-electron chi connectivity index (χ0n) is 16.8. The number of carbonyl (C=O) groups excluding carboxylic acids is 3. The summed E-state index contributed by atoms with van der Waals surface area (Å²) in [6.45, 7) is 0. The van der Waals surface area contributed by atoms with Gasteiger partial charge in [-0.25, -0.2) is 9.69 Å². The molecule has 0 radical (unpaired) electrons. The minimum Gasteiger partial charge on any atom is -0.497 e. The van der Waals surface area contributed by atoms with E-state index >= 15 is 0 Å². The number of benzene rings is 2. The monoisotopic (exact) mass is 412 g/mol. The zero-order chi connectivity index (χ0) is 21.8. The molecule has 1 heterocycles. The summed E-state index contributed by atoms with van der Waals surface area (Å²) in [5.41, 5.74) is 0.408. The summed E-state index contributed by atoms with van der Waals surface area (Å²) in [6.07, 6.45) is 1.33. The average Bonchev–Trinajstić information content (AvgIpc) is 2.76. The molecular weight excluding hydrogens is 392 g/mol. The Morgan fingerprint density at radius 2 is 1.50 bits per heavy atom. The van der Waals surface area contributed by atoms with Gasteiger partial charge in [-0.05, 0) is 24.3 Å². The number of amides is 4. The molecule has 0 aliphatic carbocycles. The molecule has 1 saturated heterocycles. The summed E-state index contributed by atoms with van der Waals surface area (Å²) in [4.78, 5) is 38.7. The van der Waals surface area contributed by atoms with Crippen LogP contribution in [0.25, 0.3) is 6.08 Å². The van der Waals surface area contributed by atoms with Crippen LogP contribution in [-0.2, 0) is 9.59 Å². The third-order valence-corrected chi connectivity index (χ3v) is 4.45. The molecule has 156 valence electrons. The number of nitrogens with one attached hydrogen (secondary N) is 1. The predicted octanol–water partition coefficient (Wildman–Crippen LogP) is 2.39. The van der Waals surface area contributed by atoms with Gasteiger partial charge in [0, 0.05) is 17.7 Å². The lowest BCUT2D eigenvalue weighted by Crippen LogP contribution is -2.54. The number of hydrogen-bond donors (Lipinski definition) is 1. The number of nitrogens with zero attached hydrogens (tertiary/aromatic N) is 1. The van der Waals surface area contributed by atoms with Crippen molar-refractivity contribution in [3.63, 3.8) is 0 Å². The highest BCUT2D eigenvalue weighted by molar-refractivity contribution is 6.39. The Hall–Kier alpha value is -4.01. The highest BCUT2D eigenvalue weighted by Crippen LogP contribution is 2.36. The van der Waals surface area contributed by atoms with Gasteiger partial charge < -0.3 is 18.9 Å². The van der Waals surface area contributed by atoms with Crippen LogP contribution in [0.4, 0.5) is 10.5 Å². The fourth-order valence-electron chi connectivity index (χ4n) is 2.96. The summed E-state index contributed by atoms with van der Waals surface area (Å²) in [6, 6.07) is 8.67. The molecule has 3 rings (SSSR count). The van der Waals surface area contributed by atoms with Gasteiger partial charge in [-0.15, -0.1) is 0 Å². The topological polar surface area (TPSA) is 103 Å². The van der Waals surface area contributed by atoms with Crippen molar-refractivity contribution in [3.05, 3.63) is 47.5 Å². The van der Waals surface area contributed by atoms with Crippen LogP contribution < -0.4 is 29.2 Å². The van der Waals surface area contributed by atoms with E-state index in [0.717, 1.165) is 4.90 Å². The number of urea groups is 1. The Morgan fingerprint density at radius 3 is 2.13 bits per heavy atom. The molecule has 4 amide bonds. The van der Waals surface area contributed by atoms with Crippen LogP contribution in [0.15, 0.2) is 42.0 Å². The second-order valence-electron chi connectivity index (χ2n) is 6.11. The van der Waals surface area contributed by atoms with Crippen LogP contribution in [0.1, 0.15) is 5.56 Å². The normalized spacial score (nSPS) is 15.1. The van der Waals surface area contributed by atoms with E-state index in [1.54, 1.807) is 30.3 Å². The van der Waals surface area contributed by atoms with Crippen molar-refractivity contribution < 1.29 is 33.3 Å². The van der Waals surface area contributed by atoms with Crippen LogP contribution in [0.2, 0.25) is 0 Å². The maximum absolute atomic E-state index is 13.1. The highest BCUT2D eigenvalue weighted by Gasteiger charge is 2.37. The molecule has 1 N–H and O–H groups in total. The van der Waals surface area contributed by atoms with Gasteiger partial charge in [-0.3, -0.25) is 14.9 Å². The largest absolute Gasteiger partial charge is 0.497 e. The van der Waals surface area contributed by atoms with E-state index in [1.807, 2.05) is 0 Å². The summed E-state index contributed by atoms with van der Waals surface area (Å²) in [5, 5.41) is 2.18. The Kier molecular flexibility index (Phi) is 5.91. The number of barbiturate groups is 1. The van der Waals surface area contributed by atoms with Crippen molar-refractivity contribution >= 4 is 29.6 Å². The minimum atomic E-state index is -0.852. The molecule has 1 fully saturated rings. The van der Waals surface area contributed by atoms with E-state index in [0.29, 0.717) is 28.6 Å². The van der Waals surface area contributed by atoms with E-state index in [-0.39, 0.29) is 11.3 Å². The number of anilines is 1. The first-order chi connectivity index (χ1) is 14.4. The Bertz CT molecular complexity index is 1050. The lowest BCUT2D eigenvalue weighted by Gasteiger charge is -2.26. The first-order valence-electron chi connectivity index (χ1n) is 8.79. The number of carbonyl (C=O) groups is 3. The fourth-order valence-corrected chi connectivity index (χ4v) is 2.96. The van der Waals surface area contributed by atoms with Crippen molar-refractivity contribution in [2.75, 3.05) is 33.3 Å². The molecule has 9 nitrogen and oxygen atoms in total. The molecule has 0 spiro atoms. The third-order valence-electron chi connectivity index (χ3n) is 4.45. The molecule has 0 saturated carbocycles. The summed E-state index contributed by atoms with van der Waals surface area (Å²) < 4.78 is 21.0. The highest BCUT2D eigenvalue weighted by atomic mass is 16.5. The van der Waals surface area contributed by atoms with Gasteiger partial charge in [-0.1, -0.05) is 6.07 Å². The van der Waals surface area contributed by atoms with Crippen molar-refractivity contribution in [2.24, 2.45) is 0 Å². The van der Waals surface area contributed by atoms with Gasteiger partial charge in [0.05, 0.1) is 34.1 Å². The molecular formula is C21H20N2O7. The molecule has 1 aliphatic heterocycles. The molecule has 2 aromatic rings. The maximum Gasteiger partial charge on any atom is 0.335 e. The van der Waals surface area contributed by atoms with Crippen molar-refractivity contribution in [1.82, 2.24) is 5.32 Å². The van der Waals surface area contributed by atoms with Crippen LogP contribution in [0.3, 0.4) is 0 Å². The lowest BCUT2D eigenvalue weighted by molar-refractivity contribution is -0.122. The van der Waals surface area contributed by atoms with Crippen LogP contribution in [-0.4, -0.2) is 46.3 Å². The zero-order valence-corrected chi connectivity index (χ0v) is 16.8. The lowest BCUT2D eigenvalue weighted by atomic mass is 10.1. The molecule has 30 heavy (non-hydrogen) atoms. The van der Waals surface area contributed by atoms with Crippen molar-refractivity contribution in [2.45, 2.75) is 0 Å². The van der Waals surface area contributed by atoms with E-state index in [4.69, 9.17) is 18.9 Å². The SMILES string of the molecule is COc1cccc(N2C(=O)NC(=O)/C(=C\c3cc(OC)c(OC)cc3OC)C2=O)c1. The number of hydrogen-bond acceptors (Lipinski definition) is 7. The van der Waals surface area contributed by atoms with E-state index < -0.39 is 17.8 Å². The van der Waals surface area contributed by atoms with Gasteiger partial charge in [0.25, 0.3) is 11.8 Å². The Morgan fingerprint density at radius 1 is 0.833 bits per heavy atom. The molecule has 2 aromatic carbocycles. The van der Waals surface area contributed by atoms with Crippen molar-refractivity contribution in [1.29, 1.82) is 0 Å². The quantitative estimate of drug-likeness (QED) is 0.574. The van der Waals surface area contributed by atoms with Gasteiger partial charge in [0.15, 0.2) is 11.5 Å². The van der Waals surface area contributed by atoms with Crippen LogP contribution in [0.5, 0.6) is 23.0 Å². The van der Waals surface area contributed by atoms with Gasteiger partial charge in [0.2, 0.25) is 0 Å². The maximum atomic E-state index is 13.1. The molecule has 1 aliphatic rings. The summed E-state index contributed by atoms with van der Waals surface area (Å²) >= 11 is 0.